The second-order valence-corrected chi connectivity index (χ2v) is 6.97. The summed E-state index contributed by atoms with van der Waals surface area (Å²) < 4.78 is 0. The lowest BCUT2D eigenvalue weighted by molar-refractivity contribution is 0.552. The summed E-state index contributed by atoms with van der Waals surface area (Å²) in [5, 5.41) is 3.51. The Balaban J connectivity index is 1.96. The molecule has 0 radical (unpaired) electrons. The lowest BCUT2D eigenvalue weighted by Crippen LogP contribution is -2.32. The summed E-state index contributed by atoms with van der Waals surface area (Å²) in [5.41, 5.74) is 4.23. The van der Waals surface area contributed by atoms with Crippen LogP contribution in [0, 0.1) is 12.8 Å². The first-order valence-electron chi connectivity index (χ1n) is 7.30. The molecule has 1 aliphatic rings. The molecule has 1 heterocycles. The van der Waals surface area contributed by atoms with Crippen molar-refractivity contribution in [2.45, 2.75) is 27.3 Å². The van der Waals surface area contributed by atoms with Crippen LogP contribution in [-0.4, -0.2) is 31.1 Å². The number of benzene rings is 1. The fourth-order valence-corrected chi connectivity index (χ4v) is 3.39. The molecule has 1 aromatic rings. The van der Waals surface area contributed by atoms with Crippen LogP contribution < -0.4 is 10.2 Å². The maximum Gasteiger partial charge on any atom is 0.0396 e. The summed E-state index contributed by atoms with van der Waals surface area (Å²) in [4.78, 5) is 2.52. The minimum absolute atomic E-state index is 0.714. The van der Waals surface area contributed by atoms with Gasteiger partial charge in [0.05, 0.1) is 0 Å². The van der Waals surface area contributed by atoms with E-state index in [0.717, 1.165) is 13.1 Å². The second-order valence-electron chi connectivity index (χ2n) is 5.75. The van der Waals surface area contributed by atoms with Crippen molar-refractivity contribution in [3.05, 3.63) is 29.3 Å². The minimum atomic E-state index is 0.714. The van der Waals surface area contributed by atoms with Gasteiger partial charge in [-0.1, -0.05) is 26.0 Å². The smallest absolute Gasteiger partial charge is 0.0396 e. The van der Waals surface area contributed by atoms with Gasteiger partial charge in [-0.2, -0.15) is 11.8 Å². The zero-order valence-electron chi connectivity index (χ0n) is 12.4. The van der Waals surface area contributed by atoms with Crippen molar-refractivity contribution in [3.63, 3.8) is 0 Å². The molecule has 0 spiro atoms. The molecular formula is C16H26N2S. The van der Waals surface area contributed by atoms with Crippen LogP contribution in [0.25, 0.3) is 0 Å². The van der Waals surface area contributed by atoms with Crippen molar-refractivity contribution < 1.29 is 0 Å². The number of thioether (sulfide) groups is 1. The summed E-state index contributed by atoms with van der Waals surface area (Å²) in [6, 6.07) is 6.92. The van der Waals surface area contributed by atoms with Crippen molar-refractivity contribution >= 4 is 17.4 Å². The van der Waals surface area contributed by atoms with E-state index in [4.69, 9.17) is 0 Å². The van der Waals surface area contributed by atoms with Gasteiger partial charge in [-0.3, -0.25) is 0 Å². The van der Waals surface area contributed by atoms with Crippen molar-refractivity contribution in [2.75, 3.05) is 36.0 Å². The average molecular weight is 278 g/mol. The summed E-state index contributed by atoms with van der Waals surface area (Å²) in [5.74, 6) is 3.24. The fraction of sp³-hybridized carbons (Fsp3) is 0.625. The number of aryl methyl sites for hydroxylation is 1. The normalized spacial score (nSPS) is 16.1. The topological polar surface area (TPSA) is 15.3 Å². The summed E-state index contributed by atoms with van der Waals surface area (Å²) in [6.45, 7) is 11.2. The van der Waals surface area contributed by atoms with E-state index in [9.17, 15) is 0 Å². The predicted molar refractivity (Wildman–Crippen MR) is 87.3 cm³/mol. The Morgan fingerprint density at radius 2 is 2.00 bits per heavy atom. The SMILES string of the molecule is Cc1cc(CNCC(C)C)ccc1N1CCSCC1. The largest absolute Gasteiger partial charge is 0.370 e. The van der Waals surface area contributed by atoms with Gasteiger partial charge in [-0.05, 0) is 36.6 Å². The highest BCUT2D eigenvalue weighted by Gasteiger charge is 2.13. The summed E-state index contributed by atoms with van der Waals surface area (Å²) in [6.07, 6.45) is 0. The van der Waals surface area contributed by atoms with Crippen molar-refractivity contribution in [2.24, 2.45) is 5.92 Å². The molecule has 0 amide bonds. The van der Waals surface area contributed by atoms with E-state index in [-0.39, 0.29) is 0 Å². The Morgan fingerprint density at radius 1 is 1.26 bits per heavy atom. The van der Waals surface area contributed by atoms with E-state index in [1.165, 1.54) is 41.4 Å². The molecule has 1 saturated heterocycles. The number of anilines is 1. The predicted octanol–water partition coefficient (Wildman–Crippen LogP) is 3.29. The average Bonchev–Trinajstić information content (AvgIpc) is 2.39. The first kappa shape index (κ1) is 14.7. The van der Waals surface area contributed by atoms with E-state index >= 15 is 0 Å². The zero-order chi connectivity index (χ0) is 13.7. The highest BCUT2D eigenvalue weighted by molar-refractivity contribution is 7.99. The first-order valence-corrected chi connectivity index (χ1v) is 8.45. The van der Waals surface area contributed by atoms with Gasteiger partial charge in [0.25, 0.3) is 0 Å². The van der Waals surface area contributed by atoms with Gasteiger partial charge in [-0.25, -0.2) is 0 Å². The number of nitrogens with one attached hydrogen (secondary N) is 1. The minimum Gasteiger partial charge on any atom is -0.370 e. The van der Waals surface area contributed by atoms with Gasteiger partial charge in [-0.15, -0.1) is 0 Å². The standard InChI is InChI=1S/C16H26N2S/c1-13(2)11-17-12-15-4-5-16(14(3)10-15)18-6-8-19-9-7-18/h4-5,10,13,17H,6-9,11-12H2,1-3H3. The quantitative estimate of drug-likeness (QED) is 0.890. The third-order valence-corrected chi connectivity index (χ3v) is 4.44. The molecule has 0 saturated carbocycles. The van der Waals surface area contributed by atoms with Crippen LogP contribution in [0.1, 0.15) is 25.0 Å². The van der Waals surface area contributed by atoms with Crippen LogP contribution in [0.3, 0.4) is 0 Å². The molecule has 1 aromatic carbocycles. The van der Waals surface area contributed by atoms with E-state index in [2.05, 4.69) is 60.9 Å². The van der Waals surface area contributed by atoms with Gasteiger partial charge in [0, 0.05) is 36.8 Å². The highest BCUT2D eigenvalue weighted by Crippen LogP contribution is 2.24. The van der Waals surface area contributed by atoms with E-state index in [0.29, 0.717) is 5.92 Å². The van der Waals surface area contributed by atoms with Crippen molar-refractivity contribution in [3.8, 4) is 0 Å². The molecule has 0 bridgehead atoms. The molecule has 0 atom stereocenters. The van der Waals surface area contributed by atoms with Crippen LogP contribution in [-0.2, 0) is 6.54 Å². The lowest BCUT2D eigenvalue weighted by atomic mass is 10.1. The van der Waals surface area contributed by atoms with Crippen molar-refractivity contribution in [1.29, 1.82) is 0 Å². The van der Waals surface area contributed by atoms with E-state index in [1.54, 1.807) is 0 Å². The molecule has 1 aliphatic heterocycles. The van der Waals surface area contributed by atoms with Crippen LogP contribution >= 0.6 is 11.8 Å². The monoisotopic (exact) mass is 278 g/mol. The Morgan fingerprint density at radius 3 is 2.63 bits per heavy atom. The van der Waals surface area contributed by atoms with Gasteiger partial charge >= 0.3 is 0 Å². The van der Waals surface area contributed by atoms with Gasteiger partial charge in [0.1, 0.15) is 0 Å². The molecule has 0 unspecified atom stereocenters. The van der Waals surface area contributed by atoms with E-state index < -0.39 is 0 Å². The number of hydrogen-bond donors (Lipinski definition) is 1. The van der Waals surface area contributed by atoms with Gasteiger partial charge < -0.3 is 10.2 Å². The Hall–Kier alpha value is -0.670. The fourth-order valence-electron chi connectivity index (χ4n) is 2.49. The first-order chi connectivity index (χ1) is 9.16. The molecule has 1 fully saturated rings. The van der Waals surface area contributed by atoms with Crippen LogP contribution in [0.4, 0.5) is 5.69 Å². The molecule has 2 rings (SSSR count). The highest BCUT2D eigenvalue weighted by atomic mass is 32.2. The molecule has 0 aromatic heterocycles. The van der Waals surface area contributed by atoms with Crippen LogP contribution in [0.15, 0.2) is 18.2 Å². The molecule has 19 heavy (non-hydrogen) atoms. The van der Waals surface area contributed by atoms with Crippen molar-refractivity contribution in [1.82, 2.24) is 5.32 Å². The number of rotatable bonds is 5. The molecule has 2 nitrogen and oxygen atoms in total. The van der Waals surface area contributed by atoms with Crippen LogP contribution in [0.2, 0.25) is 0 Å². The lowest BCUT2D eigenvalue weighted by Gasteiger charge is -2.30. The Kier molecular flexibility index (Phi) is 5.59. The Labute approximate surface area is 122 Å². The molecular weight excluding hydrogens is 252 g/mol. The van der Waals surface area contributed by atoms with Gasteiger partial charge in [0.2, 0.25) is 0 Å². The molecule has 0 aliphatic carbocycles. The van der Waals surface area contributed by atoms with Gasteiger partial charge in [0.15, 0.2) is 0 Å². The zero-order valence-corrected chi connectivity index (χ0v) is 13.2. The molecule has 1 N–H and O–H groups in total. The summed E-state index contributed by atoms with van der Waals surface area (Å²) >= 11 is 2.06. The Bertz CT molecular complexity index is 398. The summed E-state index contributed by atoms with van der Waals surface area (Å²) in [7, 11) is 0. The second kappa shape index (κ2) is 7.20. The van der Waals surface area contributed by atoms with E-state index in [1.807, 2.05) is 0 Å². The third-order valence-electron chi connectivity index (χ3n) is 3.49. The molecule has 3 heteroatoms. The maximum atomic E-state index is 3.51. The molecule has 106 valence electrons. The van der Waals surface area contributed by atoms with Crippen LogP contribution in [0.5, 0.6) is 0 Å². The number of nitrogens with zero attached hydrogens (tertiary/aromatic N) is 1. The maximum absolute atomic E-state index is 3.51. The number of hydrogen-bond acceptors (Lipinski definition) is 3. The third kappa shape index (κ3) is 4.43.